The van der Waals surface area contributed by atoms with Gasteiger partial charge in [-0.25, -0.2) is 0 Å². The monoisotopic (exact) mass is 257 g/mol. The van der Waals surface area contributed by atoms with E-state index in [1.165, 1.54) is 10.4 Å². The van der Waals surface area contributed by atoms with Crippen molar-refractivity contribution in [3.8, 4) is 0 Å². The summed E-state index contributed by atoms with van der Waals surface area (Å²) in [7, 11) is 0. The van der Waals surface area contributed by atoms with Crippen LogP contribution in [0.1, 0.15) is 17.4 Å². The molecule has 0 aliphatic heterocycles. The van der Waals surface area contributed by atoms with E-state index in [-0.39, 0.29) is 0 Å². The predicted molar refractivity (Wildman–Crippen MR) is 81.0 cm³/mol. The number of nitrogens with one attached hydrogen (secondary N) is 1. The second-order valence-electron chi connectivity index (χ2n) is 4.41. The molecule has 0 spiro atoms. The van der Waals surface area contributed by atoms with E-state index in [2.05, 4.69) is 66.2 Å². The summed E-state index contributed by atoms with van der Waals surface area (Å²) in [6.45, 7) is 3.15. The summed E-state index contributed by atoms with van der Waals surface area (Å²) in [5.74, 6) is 0. The van der Waals surface area contributed by atoms with Crippen LogP contribution in [0.25, 0.3) is 6.08 Å². The van der Waals surface area contributed by atoms with Gasteiger partial charge < -0.3 is 5.32 Å². The first kappa shape index (κ1) is 13.1. The Morgan fingerprint density at radius 3 is 2.72 bits per heavy atom. The summed E-state index contributed by atoms with van der Waals surface area (Å²) in [5, 5.41) is 5.65. The molecule has 1 heterocycles. The zero-order valence-corrected chi connectivity index (χ0v) is 11.5. The molecule has 1 aromatic carbocycles. The molecule has 1 atom stereocenters. The van der Waals surface area contributed by atoms with Crippen LogP contribution in [-0.2, 0) is 6.42 Å². The molecule has 1 N–H and O–H groups in total. The van der Waals surface area contributed by atoms with Crippen molar-refractivity contribution in [2.75, 3.05) is 6.54 Å². The van der Waals surface area contributed by atoms with E-state index < -0.39 is 0 Å². The first-order valence-corrected chi connectivity index (χ1v) is 7.20. The summed E-state index contributed by atoms with van der Waals surface area (Å²) in [6, 6.07) is 15.2. The van der Waals surface area contributed by atoms with Gasteiger partial charge in [0.25, 0.3) is 0 Å². The summed E-state index contributed by atoms with van der Waals surface area (Å²) < 4.78 is 0. The van der Waals surface area contributed by atoms with E-state index in [9.17, 15) is 0 Å². The van der Waals surface area contributed by atoms with Crippen LogP contribution in [0.4, 0.5) is 0 Å². The average Bonchev–Trinajstić information content (AvgIpc) is 2.89. The Hall–Kier alpha value is -1.38. The van der Waals surface area contributed by atoms with Crippen molar-refractivity contribution < 1.29 is 0 Å². The van der Waals surface area contributed by atoms with Crippen LogP contribution >= 0.6 is 11.3 Å². The molecular formula is C16H19NS. The Morgan fingerprint density at radius 2 is 2.00 bits per heavy atom. The molecule has 1 nitrogen and oxygen atoms in total. The van der Waals surface area contributed by atoms with Crippen molar-refractivity contribution in [1.82, 2.24) is 5.32 Å². The largest absolute Gasteiger partial charge is 0.310 e. The third-order valence-corrected chi connectivity index (χ3v) is 3.68. The van der Waals surface area contributed by atoms with Crippen LogP contribution in [0.3, 0.4) is 0 Å². The van der Waals surface area contributed by atoms with Gasteiger partial charge in [-0.15, -0.1) is 11.3 Å². The van der Waals surface area contributed by atoms with Crippen molar-refractivity contribution in [3.63, 3.8) is 0 Å². The molecule has 2 aromatic rings. The fourth-order valence-corrected chi connectivity index (χ4v) is 2.67. The van der Waals surface area contributed by atoms with Gasteiger partial charge >= 0.3 is 0 Å². The smallest absolute Gasteiger partial charge is 0.0140 e. The molecule has 1 unspecified atom stereocenters. The van der Waals surface area contributed by atoms with Crippen LogP contribution < -0.4 is 5.32 Å². The van der Waals surface area contributed by atoms with Gasteiger partial charge in [-0.05, 0) is 30.4 Å². The zero-order valence-electron chi connectivity index (χ0n) is 10.7. The third kappa shape index (κ3) is 4.47. The molecule has 0 bridgehead atoms. The van der Waals surface area contributed by atoms with Crippen molar-refractivity contribution in [3.05, 3.63) is 64.4 Å². The summed E-state index contributed by atoms with van der Waals surface area (Å²) >= 11 is 1.83. The first-order chi connectivity index (χ1) is 8.84. The lowest BCUT2D eigenvalue weighted by Crippen LogP contribution is -2.27. The summed E-state index contributed by atoms with van der Waals surface area (Å²) in [6.07, 6.45) is 5.45. The number of hydrogen-bond donors (Lipinski definition) is 1. The van der Waals surface area contributed by atoms with Crippen molar-refractivity contribution >= 4 is 17.4 Å². The minimum Gasteiger partial charge on any atom is -0.310 e. The molecule has 2 heteroatoms. The van der Waals surface area contributed by atoms with Crippen LogP contribution in [0.2, 0.25) is 0 Å². The third-order valence-electron chi connectivity index (χ3n) is 2.78. The number of hydrogen-bond acceptors (Lipinski definition) is 2. The minimum atomic E-state index is 0.518. The van der Waals surface area contributed by atoms with Gasteiger partial charge in [-0.3, -0.25) is 0 Å². The zero-order chi connectivity index (χ0) is 12.6. The Kier molecular flexibility index (Phi) is 5.18. The fourth-order valence-electron chi connectivity index (χ4n) is 1.83. The van der Waals surface area contributed by atoms with Crippen molar-refractivity contribution in [2.24, 2.45) is 0 Å². The van der Waals surface area contributed by atoms with Gasteiger partial charge in [-0.2, -0.15) is 0 Å². The highest BCUT2D eigenvalue weighted by molar-refractivity contribution is 7.09. The van der Waals surface area contributed by atoms with E-state index in [1.807, 2.05) is 17.4 Å². The minimum absolute atomic E-state index is 0.518. The van der Waals surface area contributed by atoms with Gasteiger partial charge in [0.1, 0.15) is 0 Å². The van der Waals surface area contributed by atoms with Crippen molar-refractivity contribution in [2.45, 2.75) is 19.4 Å². The van der Waals surface area contributed by atoms with Gasteiger partial charge in [0.15, 0.2) is 0 Å². The predicted octanol–water partition coefficient (Wildman–Crippen LogP) is 3.98. The lowest BCUT2D eigenvalue weighted by atomic mass is 10.2. The molecule has 18 heavy (non-hydrogen) atoms. The van der Waals surface area contributed by atoms with Gasteiger partial charge in [-0.1, -0.05) is 48.6 Å². The molecule has 0 aliphatic carbocycles. The highest BCUT2D eigenvalue weighted by Gasteiger charge is 2.01. The SMILES string of the molecule is CC(Cc1cccs1)NC/C=C/c1ccccc1. The molecule has 0 aliphatic rings. The lowest BCUT2D eigenvalue weighted by molar-refractivity contribution is 0.585. The van der Waals surface area contributed by atoms with E-state index in [0.29, 0.717) is 6.04 Å². The number of thiophene rings is 1. The van der Waals surface area contributed by atoms with Gasteiger partial charge in [0, 0.05) is 17.5 Å². The van der Waals surface area contributed by atoms with Crippen LogP contribution in [0.5, 0.6) is 0 Å². The van der Waals surface area contributed by atoms with Crippen molar-refractivity contribution in [1.29, 1.82) is 0 Å². The lowest BCUT2D eigenvalue weighted by Gasteiger charge is -2.10. The Labute approximate surface area is 113 Å². The van der Waals surface area contributed by atoms with Gasteiger partial charge in [0.2, 0.25) is 0 Å². The van der Waals surface area contributed by atoms with E-state index in [4.69, 9.17) is 0 Å². The maximum atomic E-state index is 3.51. The highest BCUT2D eigenvalue weighted by Crippen LogP contribution is 2.10. The number of benzene rings is 1. The second-order valence-corrected chi connectivity index (χ2v) is 5.44. The molecule has 0 radical (unpaired) electrons. The Morgan fingerprint density at radius 1 is 1.17 bits per heavy atom. The van der Waals surface area contributed by atoms with E-state index in [1.54, 1.807) is 0 Å². The molecular weight excluding hydrogens is 238 g/mol. The number of rotatable bonds is 6. The molecule has 0 saturated heterocycles. The second kappa shape index (κ2) is 7.14. The molecule has 0 amide bonds. The quantitative estimate of drug-likeness (QED) is 0.825. The molecule has 2 rings (SSSR count). The molecule has 94 valence electrons. The normalized spacial score (nSPS) is 12.9. The van der Waals surface area contributed by atoms with Crippen LogP contribution in [0.15, 0.2) is 53.9 Å². The van der Waals surface area contributed by atoms with E-state index >= 15 is 0 Å². The molecule has 0 fully saturated rings. The fraction of sp³-hybridized carbons (Fsp3) is 0.250. The van der Waals surface area contributed by atoms with Crippen LogP contribution in [0, 0.1) is 0 Å². The Bertz CT molecular complexity index is 459. The summed E-state index contributed by atoms with van der Waals surface area (Å²) in [5.41, 5.74) is 1.25. The Balaban J connectivity index is 1.70. The summed E-state index contributed by atoms with van der Waals surface area (Å²) in [4.78, 5) is 1.45. The van der Waals surface area contributed by atoms with Gasteiger partial charge in [0.05, 0.1) is 0 Å². The standard InChI is InChI=1S/C16H19NS/c1-14(13-16-10-6-12-18-16)17-11-5-9-15-7-3-2-4-8-15/h2-10,12,14,17H,11,13H2,1H3/b9-5+. The van der Waals surface area contributed by atoms with Crippen LogP contribution in [-0.4, -0.2) is 12.6 Å². The average molecular weight is 257 g/mol. The first-order valence-electron chi connectivity index (χ1n) is 6.32. The maximum absolute atomic E-state index is 3.51. The topological polar surface area (TPSA) is 12.0 Å². The molecule has 0 saturated carbocycles. The highest BCUT2D eigenvalue weighted by atomic mass is 32.1. The maximum Gasteiger partial charge on any atom is 0.0140 e. The molecule has 1 aromatic heterocycles. The van der Waals surface area contributed by atoms with E-state index in [0.717, 1.165) is 13.0 Å².